The molecule has 0 saturated carbocycles. The van der Waals surface area contributed by atoms with Crippen molar-refractivity contribution in [3.8, 4) is 0 Å². The Hall–Kier alpha value is -0.380. The van der Waals surface area contributed by atoms with E-state index < -0.39 is 0 Å². The normalized spacial score (nSPS) is 30.5. The summed E-state index contributed by atoms with van der Waals surface area (Å²) < 4.78 is 0. The van der Waals surface area contributed by atoms with Gasteiger partial charge in [0.1, 0.15) is 0 Å². The van der Waals surface area contributed by atoms with Crippen LogP contribution in [0.25, 0.3) is 0 Å². The van der Waals surface area contributed by atoms with Crippen LogP contribution in [0.2, 0.25) is 0 Å². The first-order chi connectivity index (χ1) is 9.04. The fourth-order valence-corrected chi connectivity index (χ4v) is 4.28. The third-order valence-electron chi connectivity index (χ3n) is 4.75. The monoisotopic (exact) mass is 280 g/mol. The Morgan fingerprint density at radius 1 is 1.42 bits per heavy atom. The summed E-state index contributed by atoms with van der Waals surface area (Å²) in [4.78, 5) is 5.62. The predicted molar refractivity (Wildman–Crippen MR) is 84.9 cm³/mol. The smallest absolute Gasteiger partial charge is 0.0416 e. The Balaban J connectivity index is 2.05. The van der Waals surface area contributed by atoms with Crippen molar-refractivity contribution in [1.82, 2.24) is 10.2 Å². The number of hydrogen-bond donors (Lipinski definition) is 1. The molecule has 1 aliphatic heterocycles. The number of aryl methyl sites for hydroxylation is 1. The first-order valence-corrected chi connectivity index (χ1v) is 8.41. The van der Waals surface area contributed by atoms with Crippen molar-refractivity contribution in [2.45, 2.75) is 59.2 Å². The largest absolute Gasteiger partial charge is 0.314 e. The lowest BCUT2D eigenvalue weighted by Gasteiger charge is -2.45. The Kier molecular flexibility index (Phi) is 5.04. The molecule has 1 N–H and O–H groups in total. The maximum absolute atomic E-state index is 3.64. The quantitative estimate of drug-likeness (QED) is 0.902. The minimum atomic E-state index is 0.554. The maximum atomic E-state index is 3.64. The Labute approximate surface area is 122 Å². The number of nitrogens with one attached hydrogen (secondary N) is 1. The molecule has 2 heterocycles. The van der Waals surface area contributed by atoms with Gasteiger partial charge in [-0.05, 0) is 51.8 Å². The van der Waals surface area contributed by atoms with Crippen LogP contribution < -0.4 is 5.32 Å². The van der Waals surface area contributed by atoms with Crippen molar-refractivity contribution >= 4 is 11.3 Å². The SMILES string of the molecule is CCNC1CCN(C(C)c2ccc(C)s2)C(C)C1C. The second kappa shape index (κ2) is 6.38. The number of nitrogens with zero attached hydrogens (tertiary/aromatic N) is 1. The summed E-state index contributed by atoms with van der Waals surface area (Å²) >= 11 is 1.95. The highest BCUT2D eigenvalue weighted by Crippen LogP contribution is 2.34. The average Bonchev–Trinajstić information content (AvgIpc) is 2.81. The summed E-state index contributed by atoms with van der Waals surface area (Å²) in [5, 5.41) is 3.64. The van der Waals surface area contributed by atoms with E-state index in [4.69, 9.17) is 0 Å². The van der Waals surface area contributed by atoms with Gasteiger partial charge in [-0.3, -0.25) is 4.90 Å². The number of thiophene rings is 1. The standard InChI is InChI=1S/C16H28N2S/c1-6-17-15-9-10-18(13(4)12(15)3)14(5)16-8-7-11(2)19-16/h7-8,12-15,17H,6,9-10H2,1-5H3. The summed E-state index contributed by atoms with van der Waals surface area (Å²) in [6.07, 6.45) is 1.27. The highest BCUT2D eigenvalue weighted by molar-refractivity contribution is 7.12. The van der Waals surface area contributed by atoms with E-state index in [2.05, 4.69) is 57.0 Å². The van der Waals surface area contributed by atoms with Gasteiger partial charge in [-0.15, -0.1) is 11.3 Å². The van der Waals surface area contributed by atoms with Crippen molar-refractivity contribution < 1.29 is 0 Å². The molecular formula is C16H28N2S. The molecule has 0 aliphatic carbocycles. The van der Waals surface area contributed by atoms with Crippen LogP contribution in [0.1, 0.15) is 49.9 Å². The fraction of sp³-hybridized carbons (Fsp3) is 0.750. The highest BCUT2D eigenvalue weighted by Gasteiger charge is 2.34. The van der Waals surface area contributed by atoms with E-state index in [0.29, 0.717) is 18.1 Å². The molecule has 3 heteroatoms. The van der Waals surface area contributed by atoms with Crippen LogP contribution in [0.4, 0.5) is 0 Å². The molecule has 108 valence electrons. The minimum absolute atomic E-state index is 0.554. The second-order valence-corrected chi connectivity index (χ2v) is 7.23. The zero-order valence-electron chi connectivity index (χ0n) is 12.9. The molecule has 1 aliphatic rings. The van der Waals surface area contributed by atoms with Crippen molar-refractivity contribution in [1.29, 1.82) is 0 Å². The topological polar surface area (TPSA) is 15.3 Å². The molecule has 1 saturated heterocycles. The Bertz CT molecular complexity index is 401. The lowest BCUT2D eigenvalue weighted by molar-refractivity contribution is 0.0541. The summed E-state index contributed by atoms with van der Waals surface area (Å²) in [7, 11) is 0. The Morgan fingerprint density at radius 3 is 2.74 bits per heavy atom. The van der Waals surface area contributed by atoms with E-state index in [1.54, 1.807) is 0 Å². The zero-order valence-corrected chi connectivity index (χ0v) is 13.8. The van der Waals surface area contributed by atoms with Gasteiger partial charge in [-0.1, -0.05) is 13.8 Å². The van der Waals surface area contributed by atoms with Gasteiger partial charge in [0.25, 0.3) is 0 Å². The maximum Gasteiger partial charge on any atom is 0.0416 e. The molecule has 2 nitrogen and oxygen atoms in total. The fourth-order valence-electron chi connectivity index (χ4n) is 3.33. The van der Waals surface area contributed by atoms with Crippen molar-refractivity contribution in [3.63, 3.8) is 0 Å². The molecule has 0 bridgehead atoms. The van der Waals surface area contributed by atoms with Crippen LogP contribution in [0, 0.1) is 12.8 Å². The molecule has 2 rings (SSSR count). The Morgan fingerprint density at radius 2 is 2.16 bits per heavy atom. The molecule has 4 atom stereocenters. The average molecular weight is 280 g/mol. The van der Waals surface area contributed by atoms with Gasteiger partial charge in [0.2, 0.25) is 0 Å². The van der Waals surface area contributed by atoms with E-state index in [-0.39, 0.29) is 0 Å². The van der Waals surface area contributed by atoms with E-state index in [1.165, 1.54) is 22.7 Å². The lowest BCUT2D eigenvalue weighted by Crippen LogP contribution is -2.53. The van der Waals surface area contributed by atoms with Crippen LogP contribution >= 0.6 is 11.3 Å². The van der Waals surface area contributed by atoms with Crippen LogP contribution in [0.5, 0.6) is 0 Å². The number of likely N-dealkylation sites (tertiary alicyclic amines) is 1. The molecule has 1 aromatic heterocycles. The summed E-state index contributed by atoms with van der Waals surface area (Å²) in [5.41, 5.74) is 0. The molecule has 0 aromatic carbocycles. The summed E-state index contributed by atoms with van der Waals surface area (Å²) in [6, 6.07) is 6.44. The number of rotatable bonds is 4. The molecule has 1 fully saturated rings. The van der Waals surface area contributed by atoms with E-state index >= 15 is 0 Å². The van der Waals surface area contributed by atoms with Crippen LogP contribution in [0.3, 0.4) is 0 Å². The summed E-state index contributed by atoms with van der Waals surface area (Å²) in [5.74, 6) is 0.720. The molecular weight excluding hydrogens is 252 g/mol. The number of hydrogen-bond acceptors (Lipinski definition) is 3. The van der Waals surface area contributed by atoms with E-state index in [9.17, 15) is 0 Å². The van der Waals surface area contributed by atoms with Gasteiger partial charge in [0.05, 0.1) is 0 Å². The molecule has 0 spiro atoms. The third-order valence-corrected chi connectivity index (χ3v) is 5.92. The number of piperidine rings is 1. The van der Waals surface area contributed by atoms with Crippen LogP contribution in [-0.2, 0) is 0 Å². The lowest BCUT2D eigenvalue weighted by atomic mass is 9.86. The third kappa shape index (κ3) is 3.21. The predicted octanol–water partition coefficient (Wildman–Crippen LogP) is 3.83. The molecule has 4 unspecified atom stereocenters. The minimum Gasteiger partial charge on any atom is -0.314 e. The van der Waals surface area contributed by atoms with Gasteiger partial charge >= 0.3 is 0 Å². The summed E-state index contributed by atoms with van der Waals surface area (Å²) in [6.45, 7) is 13.9. The van der Waals surface area contributed by atoms with Gasteiger partial charge in [-0.2, -0.15) is 0 Å². The first kappa shape index (κ1) is 15.0. The van der Waals surface area contributed by atoms with Crippen LogP contribution in [0.15, 0.2) is 12.1 Å². The molecule has 0 amide bonds. The highest BCUT2D eigenvalue weighted by atomic mass is 32.1. The van der Waals surface area contributed by atoms with E-state index in [0.717, 1.165) is 12.5 Å². The second-order valence-electron chi connectivity index (χ2n) is 5.91. The van der Waals surface area contributed by atoms with Gasteiger partial charge < -0.3 is 5.32 Å². The van der Waals surface area contributed by atoms with Gasteiger partial charge in [0, 0.05) is 34.4 Å². The van der Waals surface area contributed by atoms with Crippen molar-refractivity contribution in [2.75, 3.05) is 13.1 Å². The zero-order chi connectivity index (χ0) is 14.0. The molecule has 1 aromatic rings. The van der Waals surface area contributed by atoms with Gasteiger partial charge in [-0.25, -0.2) is 0 Å². The van der Waals surface area contributed by atoms with Crippen LogP contribution in [-0.4, -0.2) is 30.1 Å². The van der Waals surface area contributed by atoms with Crippen molar-refractivity contribution in [3.05, 3.63) is 21.9 Å². The van der Waals surface area contributed by atoms with Gasteiger partial charge in [0.15, 0.2) is 0 Å². The first-order valence-electron chi connectivity index (χ1n) is 7.60. The molecule has 0 radical (unpaired) electrons. The van der Waals surface area contributed by atoms with Crippen molar-refractivity contribution in [2.24, 2.45) is 5.92 Å². The molecule has 19 heavy (non-hydrogen) atoms. The van der Waals surface area contributed by atoms with E-state index in [1.807, 2.05) is 11.3 Å².